The van der Waals surface area contributed by atoms with E-state index in [0.717, 1.165) is 11.1 Å². The van der Waals surface area contributed by atoms with E-state index in [4.69, 9.17) is 4.74 Å². The summed E-state index contributed by atoms with van der Waals surface area (Å²) in [7, 11) is -3.97. The van der Waals surface area contributed by atoms with Crippen LogP contribution in [0.25, 0.3) is 11.1 Å². The number of carbonyl (C=O) groups excluding carboxylic acids is 2. The number of hydrogen-bond donors (Lipinski definition) is 2. The molecule has 0 radical (unpaired) electrons. The summed E-state index contributed by atoms with van der Waals surface area (Å²) in [5.41, 5.74) is 1.08. The fourth-order valence-corrected chi connectivity index (χ4v) is 3.92. The number of esters is 1. The van der Waals surface area contributed by atoms with Crippen LogP contribution in [0.2, 0.25) is 0 Å². The van der Waals surface area contributed by atoms with Crippen molar-refractivity contribution in [2.24, 2.45) is 0 Å². The molecule has 1 atom stereocenters. The van der Waals surface area contributed by atoms with Crippen LogP contribution in [-0.2, 0) is 24.3 Å². The Labute approximate surface area is 177 Å². The van der Waals surface area contributed by atoms with Gasteiger partial charge in [-0.05, 0) is 50.5 Å². The van der Waals surface area contributed by atoms with Crippen molar-refractivity contribution in [3.05, 3.63) is 54.6 Å². The van der Waals surface area contributed by atoms with E-state index in [-0.39, 0.29) is 23.8 Å². The molecule has 0 unspecified atom stereocenters. The molecular formula is C22H28N2O5S. The number of rotatable bonds is 8. The Hall–Kier alpha value is -2.71. The predicted molar refractivity (Wildman–Crippen MR) is 115 cm³/mol. The molecule has 0 aliphatic rings. The highest BCUT2D eigenvalue weighted by Crippen LogP contribution is 2.21. The van der Waals surface area contributed by atoms with E-state index < -0.39 is 27.6 Å². The molecule has 0 heterocycles. The molecule has 8 heteroatoms. The molecule has 0 spiro atoms. The second kappa shape index (κ2) is 9.86. The highest BCUT2D eigenvalue weighted by atomic mass is 32.2. The van der Waals surface area contributed by atoms with Crippen LogP contribution in [0.15, 0.2) is 59.5 Å². The zero-order valence-electron chi connectivity index (χ0n) is 17.6. The second-order valence-corrected chi connectivity index (χ2v) is 9.58. The minimum Gasteiger partial charge on any atom is -0.459 e. The molecular weight excluding hydrogens is 404 g/mol. The molecule has 0 aliphatic heterocycles. The maximum Gasteiger partial charge on any atom is 0.324 e. The van der Waals surface area contributed by atoms with Gasteiger partial charge >= 0.3 is 5.97 Å². The molecule has 0 fully saturated rings. The number of hydrogen-bond acceptors (Lipinski definition) is 5. The minimum atomic E-state index is -3.97. The lowest BCUT2D eigenvalue weighted by Crippen LogP contribution is -2.45. The van der Waals surface area contributed by atoms with E-state index in [0.29, 0.717) is 0 Å². The number of nitrogens with one attached hydrogen (secondary N) is 2. The van der Waals surface area contributed by atoms with Crippen molar-refractivity contribution in [2.75, 3.05) is 6.54 Å². The second-order valence-electron chi connectivity index (χ2n) is 7.87. The smallest absolute Gasteiger partial charge is 0.324 e. The molecule has 0 saturated heterocycles. The van der Waals surface area contributed by atoms with Gasteiger partial charge in [-0.3, -0.25) is 9.59 Å². The molecule has 30 heavy (non-hydrogen) atoms. The lowest BCUT2D eigenvalue weighted by Gasteiger charge is -2.24. The van der Waals surface area contributed by atoms with E-state index in [9.17, 15) is 18.0 Å². The Morgan fingerprint density at radius 1 is 0.967 bits per heavy atom. The van der Waals surface area contributed by atoms with Crippen molar-refractivity contribution in [2.45, 2.75) is 50.7 Å². The highest BCUT2D eigenvalue weighted by Gasteiger charge is 2.29. The Balaban J connectivity index is 2.19. The summed E-state index contributed by atoms with van der Waals surface area (Å²) in [6, 6.07) is 14.9. The van der Waals surface area contributed by atoms with Crippen LogP contribution in [-0.4, -0.2) is 38.5 Å². The average Bonchev–Trinajstić information content (AvgIpc) is 2.66. The number of benzene rings is 2. The topological polar surface area (TPSA) is 102 Å². The lowest BCUT2D eigenvalue weighted by atomic mass is 10.1. The zero-order valence-corrected chi connectivity index (χ0v) is 18.5. The minimum absolute atomic E-state index is 0.0373. The summed E-state index contributed by atoms with van der Waals surface area (Å²) in [6.45, 7) is 6.58. The van der Waals surface area contributed by atoms with Crippen molar-refractivity contribution in [1.82, 2.24) is 10.0 Å². The van der Waals surface area contributed by atoms with Gasteiger partial charge < -0.3 is 10.1 Å². The molecule has 0 bridgehead atoms. The first-order valence-electron chi connectivity index (χ1n) is 9.63. The normalized spacial score (nSPS) is 12.8. The molecule has 0 saturated carbocycles. The van der Waals surface area contributed by atoms with Crippen LogP contribution < -0.4 is 10.0 Å². The van der Waals surface area contributed by atoms with Crippen LogP contribution in [0.5, 0.6) is 0 Å². The van der Waals surface area contributed by atoms with E-state index in [1.165, 1.54) is 19.1 Å². The third kappa shape index (κ3) is 7.27. The summed E-state index contributed by atoms with van der Waals surface area (Å²) < 4.78 is 33.5. The van der Waals surface area contributed by atoms with Crippen LogP contribution in [0.1, 0.15) is 34.1 Å². The molecule has 2 aromatic carbocycles. The van der Waals surface area contributed by atoms with Crippen molar-refractivity contribution in [3.8, 4) is 11.1 Å². The number of sulfonamides is 1. The van der Waals surface area contributed by atoms with Crippen molar-refractivity contribution in [3.63, 3.8) is 0 Å². The quantitative estimate of drug-likeness (QED) is 0.625. The van der Waals surface area contributed by atoms with Gasteiger partial charge in [0.05, 0.1) is 4.90 Å². The Morgan fingerprint density at radius 2 is 1.53 bits per heavy atom. The average molecular weight is 433 g/mol. The van der Waals surface area contributed by atoms with Gasteiger partial charge in [0.25, 0.3) is 0 Å². The largest absolute Gasteiger partial charge is 0.459 e. The number of carbonyl (C=O) groups is 2. The van der Waals surface area contributed by atoms with Gasteiger partial charge in [0.2, 0.25) is 15.9 Å². The van der Waals surface area contributed by atoms with Gasteiger partial charge in [0, 0.05) is 13.5 Å². The van der Waals surface area contributed by atoms with E-state index >= 15 is 0 Å². The van der Waals surface area contributed by atoms with Gasteiger partial charge in [-0.2, -0.15) is 4.72 Å². The summed E-state index contributed by atoms with van der Waals surface area (Å²) >= 11 is 0. The third-order valence-corrected chi connectivity index (χ3v) is 5.55. The molecule has 7 nitrogen and oxygen atoms in total. The van der Waals surface area contributed by atoms with Gasteiger partial charge in [0.15, 0.2) is 0 Å². The monoisotopic (exact) mass is 432 g/mol. The maximum atomic E-state index is 12.9. The summed E-state index contributed by atoms with van der Waals surface area (Å²) in [5, 5.41) is 2.56. The first kappa shape index (κ1) is 23.6. The van der Waals surface area contributed by atoms with Crippen LogP contribution >= 0.6 is 0 Å². The Bertz CT molecular complexity index is 965. The zero-order chi connectivity index (χ0) is 22.4. The van der Waals surface area contributed by atoms with E-state index in [1.54, 1.807) is 32.9 Å². The van der Waals surface area contributed by atoms with Gasteiger partial charge in [0.1, 0.15) is 11.6 Å². The van der Waals surface area contributed by atoms with Crippen molar-refractivity contribution in [1.29, 1.82) is 0 Å². The molecule has 0 aliphatic carbocycles. The van der Waals surface area contributed by atoms with E-state index in [1.807, 2.05) is 30.3 Å². The number of amides is 1. The maximum absolute atomic E-state index is 12.9. The van der Waals surface area contributed by atoms with Crippen molar-refractivity contribution < 1.29 is 22.7 Å². The van der Waals surface area contributed by atoms with Gasteiger partial charge in [-0.15, -0.1) is 0 Å². The standard InChI is InChI=1S/C22H28N2O5S/c1-16(25)23-15-14-20(21(26)29-22(2,3)4)24-30(27,28)19-12-10-18(11-13-19)17-8-6-5-7-9-17/h5-13,20,24H,14-15H2,1-4H3,(H,23,25)/t20-/m1/s1. The Morgan fingerprint density at radius 3 is 2.07 bits per heavy atom. The first-order valence-corrected chi connectivity index (χ1v) is 11.1. The molecule has 0 aromatic heterocycles. The van der Waals surface area contributed by atoms with Gasteiger partial charge in [-0.1, -0.05) is 42.5 Å². The highest BCUT2D eigenvalue weighted by molar-refractivity contribution is 7.89. The summed E-state index contributed by atoms with van der Waals surface area (Å²) in [6.07, 6.45) is 0.0653. The fourth-order valence-electron chi connectivity index (χ4n) is 2.70. The molecule has 2 aromatic rings. The van der Waals surface area contributed by atoms with E-state index in [2.05, 4.69) is 10.0 Å². The summed E-state index contributed by atoms with van der Waals surface area (Å²) in [4.78, 5) is 23.7. The third-order valence-electron chi connectivity index (χ3n) is 4.07. The van der Waals surface area contributed by atoms with Crippen molar-refractivity contribution >= 4 is 21.9 Å². The summed E-state index contributed by atoms with van der Waals surface area (Å²) in [5.74, 6) is -0.963. The molecule has 1 amide bonds. The SMILES string of the molecule is CC(=O)NCC[C@@H](NS(=O)(=O)c1ccc(-c2ccccc2)cc1)C(=O)OC(C)(C)C. The fraction of sp³-hybridized carbons (Fsp3) is 0.364. The van der Waals surface area contributed by atoms with Gasteiger partial charge in [-0.25, -0.2) is 8.42 Å². The molecule has 2 rings (SSSR count). The first-order chi connectivity index (χ1) is 14.0. The van der Waals surface area contributed by atoms with Crippen LogP contribution in [0.3, 0.4) is 0 Å². The Kier molecular flexibility index (Phi) is 7.75. The van der Waals surface area contributed by atoms with Crippen LogP contribution in [0, 0.1) is 0 Å². The number of ether oxygens (including phenoxy) is 1. The molecule has 162 valence electrons. The predicted octanol–water partition coefficient (Wildman–Crippen LogP) is 2.87. The lowest BCUT2D eigenvalue weighted by molar-refractivity contribution is -0.157. The van der Waals surface area contributed by atoms with Crippen LogP contribution in [0.4, 0.5) is 0 Å². The molecule has 2 N–H and O–H groups in total.